The third kappa shape index (κ3) is 2.73. The topological polar surface area (TPSA) is 128 Å². The van der Waals surface area contributed by atoms with Crippen molar-refractivity contribution in [2.45, 2.75) is 0 Å². The van der Waals surface area contributed by atoms with Crippen molar-refractivity contribution in [3.63, 3.8) is 0 Å². The normalized spacial score (nSPS) is 10.5. The van der Waals surface area contributed by atoms with E-state index in [4.69, 9.17) is 16.6 Å². The molecule has 0 fully saturated rings. The number of carbonyl (C=O) groups is 1. The molecular weight excluding hydrogens is 174 g/mol. The molecule has 7 nitrogen and oxygen atoms in total. The summed E-state index contributed by atoms with van der Waals surface area (Å²) in [7, 11) is 0. The molecule has 7 heteroatoms. The van der Waals surface area contributed by atoms with Gasteiger partial charge in [-0.15, -0.1) is 0 Å². The molecule has 1 aromatic heterocycles. The monoisotopic (exact) mass is 181 g/mol. The summed E-state index contributed by atoms with van der Waals surface area (Å²) in [4.78, 5) is 20.9. The SMILES string of the molecule is Nc1nc(N)nc(/C=C/C(=O)O)n1. The number of rotatable bonds is 2. The molecule has 0 aliphatic carbocycles. The molecule has 1 rings (SSSR count). The zero-order valence-electron chi connectivity index (χ0n) is 6.51. The van der Waals surface area contributed by atoms with E-state index in [0.717, 1.165) is 6.08 Å². The highest BCUT2D eigenvalue weighted by atomic mass is 16.4. The van der Waals surface area contributed by atoms with Crippen LogP contribution in [0, 0.1) is 0 Å². The van der Waals surface area contributed by atoms with Crippen molar-refractivity contribution < 1.29 is 9.90 Å². The number of aromatic nitrogens is 3. The minimum atomic E-state index is -1.10. The van der Waals surface area contributed by atoms with Crippen molar-refractivity contribution in [1.82, 2.24) is 15.0 Å². The molecule has 0 unspecified atom stereocenters. The minimum Gasteiger partial charge on any atom is -0.478 e. The van der Waals surface area contributed by atoms with Crippen LogP contribution in [0.15, 0.2) is 6.08 Å². The molecule has 5 N–H and O–H groups in total. The van der Waals surface area contributed by atoms with Crippen LogP contribution in [0.5, 0.6) is 0 Å². The van der Waals surface area contributed by atoms with Crippen molar-refractivity contribution in [2.24, 2.45) is 0 Å². The number of nitrogens with two attached hydrogens (primary N) is 2. The van der Waals surface area contributed by atoms with Crippen LogP contribution in [0.4, 0.5) is 11.9 Å². The van der Waals surface area contributed by atoms with Gasteiger partial charge in [0.25, 0.3) is 0 Å². The highest BCUT2D eigenvalue weighted by Gasteiger charge is 1.97. The standard InChI is InChI=1S/C6H7N5O2/c7-5-9-3(1-2-4(12)13)10-6(8)11-5/h1-2H,(H,12,13)(H4,7,8,9,10,11)/b2-1+. The number of nitrogens with zero attached hydrogens (tertiary/aromatic N) is 3. The third-order valence-corrected chi connectivity index (χ3v) is 1.06. The van der Waals surface area contributed by atoms with Gasteiger partial charge in [0.15, 0.2) is 5.82 Å². The van der Waals surface area contributed by atoms with Crippen LogP contribution >= 0.6 is 0 Å². The maximum atomic E-state index is 10.1. The number of aliphatic carboxylic acids is 1. The molecule has 0 aliphatic heterocycles. The Bertz CT molecular complexity index is 342. The smallest absolute Gasteiger partial charge is 0.328 e. The number of nitrogen functional groups attached to an aromatic ring is 2. The van der Waals surface area contributed by atoms with Crippen LogP contribution in [0.3, 0.4) is 0 Å². The lowest BCUT2D eigenvalue weighted by molar-refractivity contribution is -0.131. The van der Waals surface area contributed by atoms with E-state index in [2.05, 4.69) is 15.0 Å². The van der Waals surface area contributed by atoms with Gasteiger partial charge in [-0.1, -0.05) is 0 Å². The third-order valence-electron chi connectivity index (χ3n) is 1.06. The number of carboxylic acid groups (broad SMARTS) is 1. The second-order valence-corrected chi connectivity index (χ2v) is 2.08. The summed E-state index contributed by atoms with van der Waals surface area (Å²) >= 11 is 0. The fourth-order valence-corrected chi connectivity index (χ4v) is 0.647. The Hall–Kier alpha value is -2.18. The largest absolute Gasteiger partial charge is 0.478 e. The molecule has 68 valence electrons. The summed E-state index contributed by atoms with van der Waals surface area (Å²) in [5.74, 6) is -1.07. The van der Waals surface area contributed by atoms with Crippen molar-refractivity contribution in [1.29, 1.82) is 0 Å². The van der Waals surface area contributed by atoms with Crippen LogP contribution in [0.2, 0.25) is 0 Å². The van der Waals surface area contributed by atoms with Gasteiger partial charge in [-0.3, -0.25) is 0 Å². The van der Waals surface area contributed by atoms with E-state index in [1.807, 2.05) is 0 Å². The maximum absolute atomic E-state index is 10.1. The predicted octanol–water partition coefficient (Wildman–Crippen LogP) is -0.866. The Morgan fingerprint density at radius 2 is 1.77 bits per heavy atom. The molecule has 13 heavy (non-hydrogen) atoms. The summed E-state index contributed by atoms with van der Waals surface area (Å²) in [6.07, 6.45) is 2.06. The minimum absolute atomic E-state index is 0.0439. The van der Waals surface area contributed by atoms with Gasteiger partial charge in [0.1, 0.15) is 0 Å². The fraction of sp³-hybridized carbons (Fsp3) is 0. The van der Waals surface area contributed by atoms with Gasteiger partial charge < -0.3 is 16.6 Å². The average Bonchev–Trinajstić information content (AvgIpc) is 1.99. The van der Waals surface area contributed by atoms with Crippen molar-refractivity contribution in [3.8, 4) is 0 Å². The number of hydrogen-bond acceptors (Lipinski definition) is 6. The lowest BCUT2D eigenvalue weighted by Gasteiger charge is -1.95. The Morgan fingerprint density at radius 1 is 1.23 bits per heavy atom. The number of hydrogen-bond donors (Lipinski definition) is 3. The maximum Gasteiger partial charge on any atom is 0.328 e. The van der Waals surface area contributed by atoms with E-state index in [1.54, 1.807) is 0 Å². The van der Waals surface area contributed by atoms with Gasteiger partial charge in [0, 0.05) is 6.08 Å². The van der Waals surface area contributed by atoms with Gasteiger partial charge in [0.05, 0.1) is 0 Å². The lowest BCUT2D eigenvalue weighted by Crippen LogP contribution is -2.04. The predicted molar refractivity (Wildman–Crippen MR) is 45.3 cm³/mol. The first kappa shape index (κ1) is 8.91. The molecule has 1 aromatic rings. The van der Waals surface area contributed by atoms with E-state index in [9.17, 15) is 4.79 Å². The summed E-state index contributed by atoms with van der Waals surface area (Å²) in [6.45, 7) is 0. The quantitative estimate of drug-likeness (QED) is 0.506. The first-order valence-corrected chi connectivity index (χ1v) is 3.26. The molecule has 0 aromatic carbocycles. The molecule has 0 bridgehead atoms. The van der Waals surface area contributed by atoms with Gasteiger partial charge in [-0.25, -0.2) is 4.79 Å². The molecule has 1 heterocycles. The Labute approximate surface area is 73.1 Å². The van der Waals surface area contributed by atoms with Crippen LogP contribution in [0.1, 0.15) is 5.82 Å². The fourth-order valence-electron chi connectivity index (χ4n) is 0.647. The van der Waals surface area contributed by atoms with Crippen LogP contribution < -0.4 is 11.5 Å². The van der Waals surface area contributed by atoms with E-state index in [0.29, 0.717) is 0 Å². The average molecular weight is 181 g/mol. The molecular formula is C6H7N5O2. The first-order valence-electron chi connectivity index (χ1n) is 3.26. The Morgan fingerprint density at radius 3 is 2.23 bits per heavy atom. The molecule has 0 saturated heterocycles. The molecule has 0 atom stereocenters. The summed E-state index contributed by atoms with van der Waals surface area (Å²) in [6, 6.07) is 0. The Balaban J connectivity index is 2.95. The number of anilines is 2. The van der Waals surface area contributed by atoms with E-state index in [-0.39, 0.29) is 17.7 Å². The van der Waals surface area contributed by atoms with Crippen molar-refractivity contribution in [3.05, 3.63) is 11.9 Å². The molecule has 0 aliphatic rings. The van der Waals surface area contributed by atoms with E-state index < -0.39 is 5.97 Å². The van der Waals surface area contributed by atoms with Gasteiger partial charge >= 0.3 is 5.97 Å². The molecule has 0 amide bonds. The highest BCUT2D eigenvalue weighted by Crippen LogP contribution is 1.99. The zero-order valence-corrected chi connectivity index (χ0v) is 6.51. The summed E-state index contributed by atoms with van der Waals surface area (Å²) in [5.41, 5.74) is 10.5. The molecule has 0 saturated carbocycles. The Kier molecular flexibility index (Phi) is 2.38. The zero-order chi connectivity index (χ0) is 9.84. The van der Waals surface area contributed by atoms with Gasteiger partial charge in [-0.2, -0.15) is 15.0 Å². The number of carboxylic acids is 1. The second kappa shape index (κ2) is 3.48. The van der Waals surface area contributed by atoms with Gasteiger partial charge in [-0.05, 0) is 6.08 Å². The van der Waals surface area contributed by atoms with Crippen LogP contribution in [-0.2, 0) is 4.79 Å². The lowest BCUT2D eigenvalue weighted by atomic mass is 10.5. The van der Waals surface area contributed by atoms with Crippen LogP contribution in [-0.4, -0.2) is 26.0 Å². The van der Waals surface area contributed by atoms with Gasteiger partial charge in [0.2, 0.25) is 11.9 Å². The van der Waals surface area contributed by atoms with Crippen molar-refractivity contribution in [2.75, 3.05) is 11.5 Å². The van der Waals surface area contributed by atoms with E-state index in [1.165, 1.54) is 6.08 Å². The summed E-state index contributed by atoms with van der Waals surface area (Å²) in [5, 5.41) is 8.29. The molecule has 0 radical (unpaired) electrons. The van der Waals surface area contributed by atoms with Crippen molar-refractivity contribution >= 4 is 23.9 Å². The summed E-state index contributed by atoms with van der Waals surface area (Å²) < 4.78 is 0. The molecule has 0 spiro atoms. The highest BCUT2D eigenvalue weighted by molar-refractivity contribution is 5.84. The second-order valence-electron chi connectivity index (χ2n) is 2.08. The first-order chi connectivity index (χ1) is 6.08. The van der Waals surface area contributed by atoms with E-state index >= 15 is 0 Å². The van der Waals surface area contributed by atoms with Crippen LogP contribution in [0.25, 0.3) is 6.08 Å².